The average Bonchev–Trinajstić information content (AvgIpc) is 2.81. The van der Waals surface area contributed by atoms with Gasteiger partial charge in [-0.25, -0.2) is 4.68 Å². The second kappa shape index (κ2) is 6.38. The highest BCUT2D eigenvalue weighted by Crippen LogP contribution is 2.16. The van der Waals surface area contributed by atoms with Crippen molar-refractivity contribution in [1.82, 2.24) is 9.78 Å². The molecule has 0 atom stereocenters. The first-order valence-corrected chi connectivity index (χ1v) is 6.73. The van der Waals surface area contributed by atoms with Gasteiger partial charge in [-0.2, -0.15) is 5.10 Å². The van der Waals surface area contributed by atoms with Crippen LogP contribution in [0.1, 0.15) is 31.0 Å². The summed E-state index contributed by atoms with van der Waals surface area (Å²) in [5.41, 5.74) is 8.73. The van der Waals surface area contributed by atoms with Crippen molar-refractivity contribution in [2.75, 3.05) is 6.61 Å². The van der Waals surface area contributed by atoms with Gasteiger partial charge in [-0.3, -0.25) is 0 Å². The van der Waals surface area contributed by atoms with E-state index in [9.17, 15) is 0 Å². The molecule has 4 heteroatoms. The van der Waals surface area contributed by atoms with Crippen LogP contribution in [-0.2, 0) is 6.54 Å². The lowest BCUT2D eigenvalue weighted by Crippen LogP contribution is -1.98. The fourth-order valence-corrected chi connectivity index (χ4v) is 1.86. The molecule has 1 heterocycles. The van der Waals surface area contributed by atoms with Gasteiger partial charge in [-0.05, 0) is 37.6 Å². The summed E-state index contributed by atoms with van der Waals surface area (Å²) in [6, 6.07) is 7.97. The highest BCUT2D eigenvalue weighted by Gasteiger charge is 2.04. The third kappa shape index (κ3) is 3.35. The van der Waals surface area contributed by atoms with E-state index in [4.69, 9.17) is 10.5 Å². The summed E-state index contributed by atoms with van der Waals surface area (Å²) < 4.78 is 7.49. The molecule has 0 radical (unpaired) electrons. The zero-order valence-corrected chi connectivity index (χ0v) is 11.6. The molecular formula is C15H21N3O. The smallest absolute Gasteiger partial charge is 0.119 e. The molecule has 0 unspecified atom stereocenters. The van der Waals surface area contributed by atoms with Crippen molar-refractivity contribution in [3.63, 3.8) is 0 Å². The quantitative estimate of drug-likeness (QED) is 0.812. The normalized spacial score (nSPS) is 10.7. The van der Waals surface area contributed by atoms with E-state index in [0.717, 1.165) is 42.1 Å². The molecule has 2 N–H and O–H groups in total. The Kier molecular flexibility index (Phi) is 4.58. The maximum Gasteiger partial charge on any atom is 0.119 e. The summed E-state index contributed by atoms with van der Waals surface area (Å²) in [6.45, 7) is 5.42. The van der Waals surface area contributed by atoms with E-state index in [-0.39, 0.29) is 0 Å². The first-order valence-electron chi connectivity index (χ1n) is 6.73. The van der Waals surface area contributed by atoms with Crippen LogP contribution in [0.5, 0.6) is 5.75 Å². The van der Waals surface area contributed by atoms with Crippen molar-refractivity contribution in [2.45, 2.75) is 33.2 Å². The van der Waals surface area contributed by atoms with Crippen molar-refractivity contribution < 1.29 is 4.74 Å². The minimum absolute atomic E-state index is 0.518. The van der Waals surface area contributed by atoms with Gasteiger partial charge >= 0.3 is 0 Å². The molecule has 0 aliphatic rings. The zero-order valence-electron chi connectivity index (χ0n) is 11.6. The summed E-state index contributed by atoms with van der Waals surface area (Å²) >= 11 is 0. The molecule has 1 aromatic heterocycles. The third-order valence-corrected chi connectivity index (χ3v) is 3.09. The van der Waals surface area contributed by atoms with Crippen molar-refractivity contribution in [1.29, 1.82) is 0 Å². The number of nitrogens with zero attached hydrogens (tertiary/aromatic N) is 2. The predicted octanol–water partition coefficient (Wildman–Crippen LogP) is 2.82. The van der Waals surface area contributed by atoms with Crippen molar-refractivity contribution in [2.24, 2.45) is 5.73 Å². The molecule has 0 aliphatic carbocycles. The van der Waals surface area contributed by atoms with Crippen LogP contribution in [0.25, 0.3) is 5.69 Å². The highest BCUT2D eigenvalue weighted by atomic mass is 16.5. The topological polar surface area (TPSA) is 53.1 Å². The van der Waals surface area contributed by atoms with Gasteiger partial charge in [0.05, 0.1) is 18.0 Å². The molecule has 2 rings (SSSR count). The summed E-state index contributed by atoms with van der Waals surface area (Å²) in [7, 11) is 0. The minimum atomic E-state index is 0.518. The predicted molar refractivity (Wildman–Crippen MR) is 76.6 cm³/mol. The molecule has 2 aromatic rings. The lowest BCUT2D eigenvalue weighted by molar-refractivity contribution is 0.309. The van der Waals surface area contributed by atoms with Crippen LogP contribution in [0.2, 0.25) is 0 Å². The number of aryl methyl sites for hydroxylation is 1. The monoisotopic (exact) mass is 259 g/mol. The maximum atomic E-state index is 5.66. The zero-order chi connectivity index (χ0) is 13.7. The van der Waals surface area contributed by atoms with Crippen LogP contribution in [0.15, 0.2) is 30.5 Å². The van der Waals surface area contributed by atoms with E-state index in [2.05, 4.69) is 12.0 Å². The number of hydrogen-bond acceptors (Lipinski definition) is 3. The number of aromatic nitrogens is 2. The van der Waals surface area contributed by atoms with Crippen molar-refractivity contribution >= 4 is 0 Å². The van der Waals surface area contributed by atoms with Crippen LogP contribution in [0.4, 0.5) is 0 Å². The average molecular weight is 259 g/mol. The molecule has 4 nitrogen and oxygen atoms in total. The lowest BCUT2D eigenvalue weighted by atomic mass is 10.2. The molecule has 102 valence electrons. The molecule has 0 amide bonds. The number of nitrogens with two attached hydrogens (primary N) is 1. The molecule has 1 aromatic carbocycles. The molecule has 0 fully saturated rings. The second-order valence-electron chi connectivity index (χ2n) is 4.58. The van der Waals surface area contributed by atoms with Crippen molar-refractivity contribution in [3.05, 3.63) is 41.7 Å². The van der Waals surface area contributed by atoms with E-state index < -0.39 is 0 Å². The Morgan fingerprint density at radius 2 is 2.00 bits per heavy atom. The molecular weight excluding hydrogens is 238 g/mol. The largest absolute Gasteiger partial charge is 0.494 e. The fraction of sp³-hybridized carbons (Fsp3) is 0.400. The van der Waals surface area contributed by atoms with Gasteiger partial charge in [-0.1, -0.05) is 13.3 Å². The van der Waals surface area contributed by atoms with E-state index in [1.807, 2.05) is 42.1 Å². The number of unbranched alkanes of at least 4 members (excludes halogenated alkanes) is 1. The number of ether oxygens (including phenoxy) is 1. The maximum absolute atomic E-state index is 5.66. The number of hydrogen-bond donors (Lipinski definition) is 1. The molecule has 0 saturated carbocycles. The number of benzene rings is 1. The highest BCUT2D eigenvalue weighted by molar-refractivity contribution is 5.37. The van der Waals surface area contributed by atoms with Crippen LogP contribution >= 0.6 is 0 Å². The Hall–Kier alpha value is -1.81. The summed E-state index contributed by atoms with van der Waals surface area (Å²) in [4.78, 5) is 0. The second-order valence-corrected chi connectivity index (χ2v) is 4.58. The fourth-order valence-electron chi connectivity index (χ4n) is 1.86. The van der Waals surface area contributed by atoms with Crippen LogP contribution in [0, 0.1) is 6.92 Å². The molecule has 0 bridgehead atoms. The molecule has 19 heavy (non-hydrogen) atoms. The Labute approximate surface area is 114 Å². The first kappa shape index (κ1) is 13.6. The Bertz CT molecular complexity index is 517. The van der Waals surface area contributed by atoms with Crippen LogP contribution in [0.3, 0.4) is 0 Å². The van der Waals surface area contributed by atoms with E-state index in [1.54, 1.807) is 0 Å². The van der Waals surface area contributed by atoms with E-state index in [1.165, 1.54) is 0 Å². The van der Waals surface area contributed by atoms with Crippen LogP contribution in [-0.4, -0.2) is 16.4 Å². The summed E-state index contributed by atoms with van der Waals surface area (Å²) in [6.07, 6.45) is 4.20. The van der Waals surface area contributed by atoms with Gasteiger partial charge in [-0.15, -0.1) is 0 Å². The van der Waals surface area contributed by atoms with E-state index in [0.29, 0.717) is 6.54 Å². The third-order valence-electron chi connectivity index (χ3n) is 3.09. The van der Waals surface area contributed by atoms with Gasteiger partial charge in [0, 0.05) is 18.3 Å². The van der Waals surface area contributed by atoms with Gasteiger partial charge < -0.3 is 10.5 Å². The Morgan fingerprint density at radius 1 is 1.26 bits per heavy atom. The van der Waals surface area contributed by atoms with Gasteiger partial charge in [0.15, 0.2) is 0 Å². The van der Waals surface area contributed by atoms with Gasteiger partial charge in [0.25, 0.3) is 0 Å². The lowest BCUT2D eigenvalue weighted by Gasteiger charge is -2.06. The molecule has 0 saturated heterocycles. The Morgan fingerprint density at radius 3 is 2.58 bits per heavy atom. The number of rotatable bonds is 6. The molecule has 0 spiro atoms. The molecule has 0 aliphatic heterocycles. The van der Waals surface area contributed by atoms with Gasteiger partial charge in [0.2, 0.25) is 0 Å². The van der Waals surface area contributed by atoms with Crippen molar-refractivity contribution in [3.8, 4) is 11.4 Å². The Balaban J connectivity index is 2.08. The van der Waals surface area contributed by atoms with E-state index >= 15 is 0 Å². The summed E-state index contributed by atoms with van der Waals surface area (Å²) in [5, 5.41) is 4.45. The first-order chi connectivity index (χ1) is 9.24. The minimum Gasteiger partial charge on any atom is -0.494 e. The van der Waals surface area contributed by atoms with Gasteiger partial charge in [0.1, 0.15) is 5.75 Å². The SMILES string of the molecule is CCCCOc1ccc(-n2cc(CN)c(C)n2)cc1. The summed E-state index contributed by atoms with van der Waals surface area (Å²) in [5.74, 6) is 0.903. The van der Waals surface area contributed by atoms with Crippen LogP contribution < -0.4 is 10.5 Å². The standard InChI is InChI=1S/C15H21N3O/c1-3-4-9-19-15-7-5-14(6-8-15)18-11-13(10-16)12(2)17-18/h5-8,11H,3-4,9-10,16H2,1-2H3.